The van der Waals surface area contributed by atoms with E-state index in [9.17, 15) is 9.59 Å². The van der Waals surface area contributed by atoms with Crippen molar-refractivity contribution < 1.29 is 19.4 Å². The number of hydrogen-bond donors (Lipinski definition) is 1. The largest absolute Gasteiger partial charge is 0.496 e. The van der Waals surface area contributed by atoms with Crippen LogP contribution in [-0.2, 0) is 0 Å². The summed E-state index contributed by atoms with van der Waals surface area (Å²) >= 11 is 1.39. The lowest BCUT2D eigenvalue weighted by Crippen LogP contribution is -2.30. The van der Waals surface area contributed by atoms with E-state index in [4.69, 9.17) is 9.84 Å². The number of amides is 1. The molecule has 96 valence electrons. The molecule has 6 heteroatoms. The van der Waals surface area contributed by atoms with E-state index in [0.29, 0.717) is 23.7 Å². The number of nitrogens with zero attached hydrogens (tertiary/aromatic N) is 1. The van der Waals surface area contributed by atoms with Crippen LogP contribution in [0.2, 0.25) is 0 Å². The zero-order valence-electron chi connectivity index (χ0n) is 9.83. The molecule has 18 heavy (non-hydrogen) atoms. The second-order valence-corrected chi connectivity index (χ2v) is 5.67. The fourth-order valence-corrected chi connectivity index (χ4v) is 3.63. The molecule has 5 nitrogen and oxygen atoms in total. The molecule has 1 aromatic heterocycles. The standard InChI is InChI=1S/C12H13NO4S/c1-17-6-2-9(18-5-6)11(14)10-7-3-13(12(15)16)4-8(7)10/h2,5,7-8,10H,3-4H2,1H3,(H,15,16)/t7-,8+,10?. The monoisotopic (exact) mass is 267 g/mol. The third-order valence-electron chi connectivity index (χ3n) is 3.82. The first-order valence-electron chi connectivity index (χ1n) is 5.76. The second kappa shape index (κ2) is 3.98. The molecule has 0 radical (unpaired) electrons. The number of likely N-dealkylation sites (tertiary alicyclic amines) is 1. The van der Waals surface area contributed by atoms with E-state index in [-0.39, 0.29) is 23.5 Å². The Bertz CT molecular complexity index is 500. The number of Topliss-reactive ketones (excluding diaryl/α,β-unsaturated/α-hetero) is 1. The molecular weight excluding hydrogens is 254 g/mol. The predicted molar refractivity (Wildman–Crippen MR) is 65.3 cm³/mol. The lowest BCUT2D eigenvalue weighted by atomic mass is 10.1. The van der Waals surface area contributed by atoms with Gasteiger partial charge in [-0.05, 0) is 11.8 Å². The Balaban J connectivity index is 1.66. The van der Waals surface area contributed by atoms with Crippen molar-refractivity contribution in [2.75, 3.05) is 20.2 Å². The molecule has 1 aromatic rings. The zero-order valence-corrected chi connectivity index (χ0v) is 10.6. The third kappa shape index (κ3) is 1.68. The quantitative estimate of drug-likeness (QED) is 0.848. The van der Waals surface area contributed by atoms with Gasteiger partial charge in [-0.1, -0.05) is 0 Å². The molecule has 1 unspecified atom stereocenters. The first-order valence-corrected chi connectivity index (χ1v) is 6.64. The number of ketones is 1. The summed E-state index contributed by atoms with van der Waals surface area (Å²) in [4.78, 5) is 25.1. The number of fused-ring (bicyclic) bond motifs is 1. The van der Waals surface area contributed by atoms with E-state index < -0.39 is 6.09 Å². The maximum Gasteiger partial charge on any atom is 0.407 e. The summed E-state index contributed by atoms with van der Waals surface area (Å²) in [6.07, 6.45) is -0.883. The molecular formula is C12H13NO4S. The van der Waals surface area contributed by atoms with Crippen LogP contribution in [0.5, 0.6) is 5.75 Å². The summed E-state index contributed by atoms with van der Waals surface area (Å²) < 4.78 is 5.06. The van der Waals surface area contributed by atoms with Crippen LogP contribution in [0.15, 0.2) is 11.4 Å². The first-order chi connectivity index (χ1) is 8.61. The SMILES string of the molecule is COc1csc(C(=O)C2[C@H]3CN(C(=O)O)C[C@@H]23)c1. The van der Waals surface area contributed by atoms with Crippen molar-refractivity contribution in [3.63, 3.8) is 0 Å². The average molecular weight is 267 g/mol. The van der Waals surface area contributed by atoms with Crippen molar-refractivity contribution in [3.8, 4) is 5.75 Å². The van der Waals surface area contributed by atoms with Gasteiger partial charge in [-0.3, -0.25) is 4.79 Å². The van der Waals surface area contributed by atoms with Crippen molar-refractivity contribution >= 4 is 23.2 Å². The normalized spacial score (nSPS) is 28.9. The van der Waals surface area contributed by atoms with Gasteiger partial charge in [0.15, 0.2) is 5.78 Å². The molecule has 1 N–H and O–H groups in total. The van der Waals surface area contributed by atoms with Gasteiger partial charge in [0.25, 0.3) is 0 Å². The van der Waals surface area contributed by atoms with Crippen LogP contribution in [0.4, 0.5) is 4.79 Å². The molecule has 0 bridgehead atoms. The summed E-state index contributed by atoms with van der Waals surface area (Å²) in [7, 11) is 1.58. The second-order valence-electron chi connectivity index (χ2n) is 4.76. The molecule has 1 amide bonds. The maximum absolute atomic E-state index is 12.2. The minimum absolute atomic E-state index is 0.0176. The lowest BCUT2D eigenvalue weighted by molar-refractivity contribution is 0.0938. The van der Waals surface area contributed by atoms with Crippen LogP contribution in [-0.4, -0.2) is 42.1 Å². The Morgan fingerprint density at radius 2 is 2.11 bits per heavy atom. The molecule has 3 atom stereocenters. The van der Waals surface area contributed by atoms with Crippen LogP contribution >= 0.6 is 11.3 Å². The number of piperidine rings is 1. The maximum atomic E-state index is 12.2. The summed E-state index contributed by atoms with van der Waals surface area (Å²) in [5, 5.41) is 10.7. The van der Waals surface area contributed by atoms with Gasteiger partial charge in [0.1, 0.15) is 5.75 Å². The van der Waals surface area contributed by atoms with Gasteiger partial charge in [0.05, 0.1) is 12.0 Å². The Morgan fingerprint density at radius 3 is 2.61 bits per heavy atom. The summed E-state index contributed by atoms with van der Waals surface area (Å²) in [5.41, 5.74) is 0. The van der Waals surface area contributed by atoms with E-state index in [1.54, 1.807) is 13.2 Å². The van der Waals surface area contributed by atoms with Gasteiger partial charge in [0.2, 0.25) is 0 Å². The zero-order chi connectivity index (χ0) is 12.9. The first kappa shape index (κ1) is 11.5. The Kier molecular flexibility index (Phi) is 2.55. The Hall–Kier alpha value is -1.56. The van der Waals surface area contributed by atoms with Gasteiger partial charge in [-0.25, -0.2) is 4.79 Å². The van der Waals surface area contributed by atoms with Crippen molar-refractivity contribution in [2.45, 2.75) is 0 Å². The number of carbonyl (C=O) groups excluding carboxylic acids is 1. The van der Waals surface area contributed by atoms with Gasteiger partial charge in [-0.2, -0.15) is 0 Å². The molecule has 0 spiro atoms. The van der Waals surface area contributed by atoms with Crippen molar-refractivity contribution in [1.29, 1.82) is 0 Å². The van der Waals surface area contributed by atoms with Gasteiger partial charge in [-0.15, -0.1) is 11.3 Å². The highest BCUT2D eigenvalue weighted by Gasteiger charge is 2.60. The van der Waals surface area contributed by atoms with Gasteiger partial charge in [0, 0.05) is 30.5 Å². The Labute approximate surface area is 108 Å². The van der Waals surface area contributed by atoms with Crippen molar-refractivity contribution in [1.82, 2.24) is 4.90 Å². The van der Waals surface area contributed by atoms with E-state index in [0.717, 1.165) is 0 Å². The molecule has 3 rings (SSSR count). The van der Waals surface area contributed by atoms with Crippen LogP contribution < -0.4 is 4.74 Å². The number of ether oxygens (including phenoxy) is 1. The van der Waals surface area contributed by atoms with E-state index >= 15 is 0 Å². The number of rotatable bonds is 3. The summed E-state index contributed by atoms with van der Waals surface area (Å²) in [6, 6.07) is 1.76. The van der Waals surface area contributed by atoms with E-state index in [1.165, 1.54) is 16.2 Å². The molecule has 1 saturated heterocycles. The topological polar surface area (TPSA) is 66.8 Å². The summed E-state index contributed by atoms with van der Waals surface area (Å²) in [6.45, 7) is 0.998. The van der Waals surface area contributed by atoms with Crippen LogP contribution in [0, 0.1) is 17.8 Å². The fraction of sp³-hybridized carbons (Fsp3) is 0.500. The molecule has 2 fully saturated rings. The third-order valence-corrected chi connectivity index (χ3v) is 4.74. The highest BCUT2D eigenvalue weighted by atomic mass is 32.1. The van der Waals surface area contributed by atoms with Crippen LogP contribution in [0.3, 0.4) is 0 Å². The van der Waals surface area contributed by atoms with E-state index in [2.05, 4.69) is 0 Å². The number of hydrogen-bond acceptors (Lipinski definition) is 4. The number of methoxy groups -OCH3 is 1. The summed E-state index contributed by atoms with van der Waals surface area (Å²) in [5.74, 6) is 1.32. The molecule has 0 aromatic carbocycles. The molecule has 1 aliphatic heterocycles. The van der Waals surface area contributed by atoms with Crippen LogP contribution in [0.1, 0.15) is 9.67 Å². The molecule has 1 aliphatic carbocycles. The minimum atomic E-state index is -0.883. The minimum Gasteiger partial charge on any atom is -0.496 e. The highest BCUT2D eigenvalue weighted by Crippen LogP contribution is 2.53. The van der Waals surface area contributed by atoms with E-state index in [1.807, 2.05) is 5.38 Å². The molecule has 1 saturated carbocycles. The number of carboxylic acid groups (broad SMARTS) is 1. The highest BCUT2D eigenvalue weighted by molar-refractivity contribution is 7.12. The number of carbonyl (C=O) groups is 2. The van der Waals surface area contributed by atoms with Crippen molar-refractivity contribution in [2.24, 2.45) is 17.8 Å². The molecule has 2 aliphatic rings. The Morgan fingerprint density at radius 1 is 1.44 bits per heavy atom. The lowest BCUT2D eigenvalue weighted by Gasteiger charge is -2.14. The predicted octanol–water partition coefficient (Wildman–Crippen LogP) is 1.80. The van der Waals surface area contributed by atoms with Crippen molar-refractivity contribution in [3.05, 3.63) is 16.3 Å². The van der Waals surface area contributed by atoms with Crippen LogP contribution in [0.25, 0.3) is 0 Å². The molecule has 2 heterocycles. The number of thiophene rings is 1. The fourth-order valence-electron chi connectivity index (χ4n) is 2.79. The smallest absolute Gasteiger partial charge is 0.407 e. The van der Waals surface area contributed by atoms with Gasteiger partial charge >= 0.3 is 6.09 Å². The average Bonchev–Trinajstić information content (AvgIpc) is 2.76. The van der Waals surface area contributed by atoms with Gasteiger partial charge < -0.3 is 14.7 Å².